The Labute approximate surface area is 145 Å². The molecule has 3 nitrogen and oxygen atoms in total. The van der Waals surface area contributed by atoms with Crippen molar-refractivity contribution in [1.82, 2.24) is 4.98 Å². The predicted molar refractivity (Wildman–Crippen MR) is 97.4 cm³/mol. The molecule has 0 aliphatic carbocycles. The number of carbonyl (C=O) groups excluding carboxylic acids is 1. The molecule has 2 aromatic rings. The zero-order valence-corrected chi connectivity index (χ0v) is 14.9. The topological polar surface area (TPSA) is 39.2 Å². The molecule has 128 valence electrons. The summed E-state index contributed by atoms with van der Waals surface area (Å²) in [5, 5.41) is 0. The van der Waals surface area contributed by atoms with E-state index in [0.717, 1.165) is 30.6 Å². The van der Waals surface area contributed by atoms with Crippen molar-refractivity contribution in [3.63, 3.8) is 0 Å². The molecule has 0 spiro atoms. The molecular weight excluding hydrogens is 298 g/mol. The van der Waals surface area contributed by atoms with Gasteiger partial charge in [-0.2, -0.15) is 0 Å². The standard InChI is InChI=1S/C21H27NO2/c1-4-16(3)9-12-21(23)20-11-10-18(14-22-20)15-24-19-8-6-7-17(5-2)13-19/h6-8,10-11,13-14,16H,4-5,9,12,15H2,1-3H3. The van der Waals surface area contributed by atoms with Crippen LogP contribution in [0, 0.1) is 5.92 Å². The van der Waals surface area contributed by atoms with Gasteiger partial charge in [-0.15, -0.1) is 0 Å². The second-order valence-corrected chi connectivity index (χ2v) is 6.32. The second kappa shape index (κ2) is 9.21. The summed E-state index contributed by atoms with van der Waals surface area (Å²) in [4.78, 5) is 16.4. The van der Waals surface area contributed by atoms with Gasteiger partial charge in [0.05, 0.1) is 0 Å². The van der Waals surface area contributed by atoms with Gasteiger partial charge in [-0.25, -0.2) is 0 Å². The van der Waals surface area contributed by atoms with E-state index in [1.165, 1.54) is 5.56 Å². The molecule has 1 atom stereocenters. The van der Waals surface area contributed by atoms with E-state index in [9.17, 15) is 4.79 Å². The van der Waals surface area contributed by atoms with Crippen molar-refractivity contribution in [2.75, 3.05) is 0 Å². The summed E-state index contributed by atoms with van der Waals surface area (Å²) in [5.74, 6) is 1.57. The molecule has 2 rings (SSSR count). The maximum absolute atomic E-state index is 12.1. The number of nitrogens with zero attached hydrogens (tertiary/aromatic N) is 1. The van der Waals surface area contributed by atoms with Crippen LogP contribution in [0.2, 0.25) is 0 Å². The quantitative estimate of drug-likeness (QED) is 0.592. The smallest absolute Gasteiger partial charge is 0.181 e. The molecule has 0 fully saturated rings. The molecule has 1 aromatic heterocycles. The lowest BCUT2D eigenvalue weighted by Crippen LogP contribution is -2.05. The first-order chi connectivity index (χ1) is 11.6. The number of hydrogen-bond acceptors (Lipinski definition) is 3. The van der Waals surface area contributed by atoms with Crippen molar-refractivity contribution < 1.29 is 9.53 Å². The number of carbonyl (C=O) groups is 1. The predicted octanol–water partition coefficient (Wildman–Crippen LogP) is 5.23. The summed E-state index contributed by atoms with van der Waals surface area (Å²) in [6.07, 6.45) is 5.33. The minimum atomic E-state index is 0.124. The highest BCUT2D eigenvalue weighted by Gasteiger charge is 2.09. The van der Waals surface area contributed by atoms with Crippen molar-refractivity contribution in [1.29, 1.82) is 0 Å². The third kappa shape index (κ3) is 5.48. The van der Waals surface area contributed by atoms with Gasteiger partial charge in [-0.1, -0.05) is 45.4 Å². The van der Waals surface area contributed by atoms with Crippen molar-refractivity contribution in [3.05, 3.63) is 59.4 Å². The highest BCUT2D eigenvalue weighted by Crippen LogP contribution is 2.16. The molecule has 1 heterocycles. The molecule has 0 amide bonds. The molecular formula is C21H27NO2. The highest BCUT2D eigenvalue weighted by atomic mass is 16.5. The van der Waals surface area contributed by atoms with Crippen molar-refractivity contribution in [3.8, 4) is 5.75 Å². The van der Waals surface area contributed by atoms with Crippen LogP contribution in [0.25, 0.3) is 0 Å². The maximum Gasteiger partial charge on any atom is 0.181 e. The molecule has 0 saturated carbocycles. The molecule has 0 N–H and O–H groups in total. The summed E-state index contributed by atoms with van der Waals surface area (Å²) in [7, 11) is 0. The molecule has 24 heavy (non-hydrogen) atoms. The second-order valence-electron chi connectivity index (χ2n) is 6.32. The fourth-order valence-electron chi connectivity index (χ4n) is 2.41. The fraction of sp³-hybridized carbons (Fsp3) is 0.429. The van der Waals surface area contributed by atoms with E-state index in [4.69, 9.17) is 4.74 Å². The van der Waals surface area contributed by atoms with Crippen LogP contribution >= 0.6 is 0 Å². The Morgan fingerprint density at radius 1 is 1.17 bits per heavy atom. The van der Waals surface area contributed by atoms with Crippen LogP contribution in [0.4, 0.5) is 0 Å². The normalized spacial score (nSPS) is 12.0. The largest absolute Gasteiger partial charge is 0.489 e. The molecule has 1 unspecified atom stereocenters. The number of Topliss-reactive ketones (excluding diaryl/α,β-unsaturated/α-hetero) is 1. The minimum Gasteiger partial charge on any atom is -0.489 e. The molecule has 3 heteroatoms. The van der Waals surface area contributed by atoms with E-state index < -0.39 is 0 Å². The number of ether oxygens (including phenoxy) is 1. The van der Waals surface area contributed by atoms with Crippen LogP contribution in [-0.2, 0) is 13.0 Å². The van der Waals surface area contributed by atoms with Crippen LogP contribution < -0.4 is 4.74 Å². The number of aryl methyl sites for hydroxylation is 1. The number of hydrogen-bond donors (Lipinski definition) is 0. The Bertz CT molecular complexity index is 649. The van der Waals surface area contributed by atoms with Gasteiger partial charge < -0.3 is 4.74 Å². The van der Waals surface area contributed by atoms with Crippen LogP contribution in [0.5, 0.6) is 5.75 Å². The average Bonchev–Trinajstić information content (AvgIpc) is 2.64. The number of ketones is 1. The fourth-order valence-corrected chi connectivity index (χ4v) is 2.41. The Morgan fingerprint density at radius 3 is 2.67 bits per heavy atom. The number of pyridine rings is 1. The van der Waals surface area contributed by atoms with Crippen LogP contribution in [-0.4, -0.2) is 10.8 Å². The molecule has 0 saturated heterocycles. The van der Waals surface area contributed by atoms with Gasteiger partial charge in [-0.05, 0) is 42.5 Å². The minimum absolute atomic E-state index is 0.124. The van der Waals surface area contributed by atoms with E-state index >= 15 is 0 Å². The molecule has 0 radical (unpaired) electrons. The van der Waals surface area contributed by atoms with Crippen molar-refractivity contribution in [2.24, 2.45) is 5.92 Å². The first kappa shape index (κ1) is 18.2. The highest BCUT2D eigenvalue weighted by molar-refractivity contribution is 5.94. The molecule has 0 aliphatic rings. The third-order valence-corrected chi connectivity index (χ3v) is 4.38. The van der Waals surface area contributed by atoms with Gasteiger partial charge in [0.2, 0.25) is 0 Å². The Hall–Kier alpha value is -2.16. The van der Waals surface area contributed by atoms with Gasteiger partial charge >= 0.3 is 0 Å². The lowest BCUT2D eigenvalue weighted by molar-refractivity contribution is 0.0969. The summed E-state index contributed by atoms with van der Waals surface area (Å²) in [6, 6.07) is 11.8. The van der Waals surface area contributed by atoms with Gasteiger partial charge in [0, 0.05) is 18.2 Å². The van der Waals surface area contributed by atoms with E-state index in [-0.39, 0.29) is 5.78 Å². The van der Waals surface area contributed by atoms with E-state index in [2.05, 4.69) is 37.9 Å². The molecule has 0 aliphatic heterocycles. The van der Waals surface area contributed by atoms with Crippen LogP contribution in [0.1, 0.15) is 61.6 Å². The van der Waals surface area contributed by atoms with Gasteiger partial charge in [0.15, 0.2) is 5.78 Å². The SMILES string of the molecule is CCc1cccc(OCc2ccc(C(=O)CCC(C)CC)nc2)c1. The first-order valence-corrected chi connectivity index (χ1v) is 8.82. The number of aromatic nitrogens is 1. The third-order valence-electron chi connectivity index (χ3n) is 4.38. The maximum atomic E-state index is 12.1. The average molecular weight is 325 g/mol. The Kier molecular flexibility index (Phi) is 6.98. The summed E-state index contributed by atoms with van der Waals surface area (Å²) in [6.45, 7) is 6.91. The number of benzene rings is 1. The Balaban J connectivity index is 1.88. The van der Waals surface area contributed by atoms with Crippen molar-refractivity contribution in [2.45, 2.75) is 53.1 Å². The summed E-state index contributed by atoms with van der Waals surface area (Å²) in [5.41, 5.74) is 2.78. The molecule has 0 bridgehead atoms. The Morgan fingerprint density at radius 2 is 2.00 bits per heavy atom. The van der Waals surface area contributed by atoms with E-state index in [1.54, 1.807) is 12.3 Å². The monoisotopic (exact) mass is 325 g/mol. The van der Waals surface area contributed by atoms with Gasteiger partial charge in [-0.3, -0.25) is 9.78 Å². The molecule has 1 aromatic carbocycles. The summed E-state index contributed by atoms with van der Waals surface area (Å²) >= 11 is 0. The lowest BCUT2D eigenvalue weighted by atomic mass is 10.00. The van der Waals surface area contributed by atoms with Crippen molar-refractivity contribution >= 4 is 5.78 Å². The van der Waals surface area contributed by atoms with Gasteiger partial charge in [0.1, 0.15) is 18.1 Å². The van der Waals surface area contributed by atoms with E-state index in [0.29, 0.717) is 24.6 Å². The van der Waals surface area contributed by atoms with Crippen LogP contribution in [0.15, 0.2) is 42.6 Å². The van der Waals surface area contributed by atoms with Crippen LogP contribution in [0.3, 0.4) is 0 Å². The lowest BCUT2D eigenvalue weighted by Gasteiger charge is -2.09. The zero-order valence-electron chi connectivity index (χ0n) is 14.9. The summed E-state index contributed by atoms with van der Waals surface area (Å²) < 4.78 is 5.80. The zero-order chi connectivity index (χ0) is 17.4. The van der Waals surface area contributed by atoms with E-state index in [1.807, 2.05) is 18.2 Å². The first-order valence-electron chi connectivity index (χ1n) is 8.82. The number of rotatable bonds is 9. The van der Waals surface area contributed by atoms with Gasteiger partial charge in [0.25, 0.3) is 0 Å².